The first-order valence-corrected chi connectivity index (χ1v) is 4.14. The highest BCUT2D eigenvalue weighted by Crippen LogP contribution is 1.52. The highest BCUT2D eigenvalue weighted by molar-refractivity contribution is 7.88. The Morgan fingerprint density at radius 1 is 1.33 bits per heavy atom. The number of Topliss-reactive ketones (excluding diaryl/α,β-unsaturated/α-hetero) is 1. The van der Waals surface area contributed by atoms with Gasteiger partial charge in [-0.3, -0.25) is 0 Å². The van der Waals surface area contributed by atoms with Crippen LogP contribution in [-0.2, 0) is 14.8 Å². The quantitative estimate of drug-likeness (QED) is 0.509. The van der Waals surface area contributed by atoms with Gasteiger partial charge in [0.2, 0.25) is 10.0 Å². The summed E-state index contributed by atoms with van der Waals surface area (Å²) in [6.45, 7) is 3.06. The summed E-state index contributed by atoms with van der Waals surface area (Å²) in [5, 5.41) is 4.33. The van der Waals surface area contributed by atoms with Crippen LogP contribution in [0.15, 0.2) is 0 Å². The second-order valence-corrected chi connectivity index (χ2v) is 3.40. The third-order valence-electron chi connectivity index (χ3n) is 0. The maximum atomic E-state index is 9.44. The lowest BCUT2D eigenvalue weighted by molar-refractivity contribution is -0.114. The van der Waals surface area contributed by atoms with Gasteiger partial charge in [0.05, 0.1) is 6.26 Å². The van der Waals surface area contributed by atoms with Crippen LogP contribution >= 0.6 is 0 Å². The summed E-state index contributed by atoms with van der Waals surface area (Å²) < 4.78 is 18.8. The van der Waals surface area contributed by atoms with Crippen LogP contribution in [0.25, 0.3) is 0 Å². The number of ketones is 1. The summed E-state index contributed by atoms with van der Waals surface area (Å²) in [5.41, 5.74) is 0. The van der Waals surface area contributed by atoms with Crippen LogP contribution in [0.4, 0.5) is 0 Å². The maximum Gasteiger partial charge on any atom is 0.206 e. The lowest BCUT2D eigenvalue weighted by atomic mass is 10.6. The molecule has 0 rings (SSSR count). The van der Waals surface area contributed by atoms with Gasteiger partial charge in [0.25, 0.3) is 0 Å². The number of rotatable bonds is 0. The molecule has 0 aromatic heterocycles. The van der Waals surface area contributed by atoms with Gasteiger partial charge in [0.15, 0.2) is 0 Å². The molecule has 0 unspecified atom stereocenters. The summed E-state index contributed by atoms with van der Waals surface area (Å²) in [6.07, 6.45) is 0.938. The first-order valence-electron chi connectivity index (χ1n) is 2.18. The molecule has 0 heterocycles. The topological polar surface area (TPSA) is 77.2 Å². The van der Waals surface area contributed by atoms with E-state index < -0.39 is 10.0 Å². The Morgan fingerprint density at radius 3 is 1.33 bits per heavy atom. The van der Waals surface area contributed by atoms with Crippen molar-refractivity contribution in [2.75, 3.05) is 6.26 Å². The molecule has 0 bridgehead atoms. The van der Waals surface area contributed by atoms with Crippen molar-refractivity contribution in [2.24, 2.45) is 5.14 Å². The van der Waals surface area contributed by atoms with Gasteiger partial charge in [0, 0.05) is 0 Å². The van der Waals surface area contributed by atoms with Crippen molar-refractivity contribution in [2.45, 2.75) is 13.8 Å². The minimum absolute atomic E-state index is 0.167. The van der Waals surface area contributed by atoms with E-state index in [1.54, 1.807) is 0 Å². The van der Waals surface area contributed by atoms with Gasteiger partial charge in [-0.15, -0.1) is 0 Å². The Kier molecular flexibility index (Phi) is 5.64. The van der Waals surface area contributed by atoms with Crippen LogP contribution < -0.4 is 5.14 Å². The molecule has 2 N–H and O–H groups in total. The van der Waals surface area contributed by atoms with Crippen LogP contribution in [-0.4, -0.2) is 20.5 Å². The first kappa shape index (κ1) is 11.4. The summed E-state index contributed by atoms with van der Waals surface area (Å²) in [6, 6.07) is 0. The molecule has 0 fully saturated rings. The van der Waals surface area contributed by atoms with Crippen molar-refractivity contribution in [1.82, 2.24) is 0 Å². The van der Waals surface area contributed by atoms with E-state index in [1.807, 2.05) is 0 Å². The van der Waals surface area contributed by atoms with Gasteiger partial charge >= 0.3 is 0 Å². The smallest absolute Gasteiger partial charge is 0.206 e. The Morgan fingerprint density at radius 2 is 1.33 bits per heavy atom. The molecule has 0 atom stereocenters. The van der Waals surface area contributed by atoms with Crippen LogP contribution in [0.3, 0.4) is 0 Å². The van der Waals surface area contributed by atoms with Gasteiger partial charge in [-0.25, -0.2) is 13.6 Å². The molecule has 4 nitrogen and oxygen atoms in total. The maximum absolute atomic E-state index is 9.44. The Bertz CT molecular complexity index is 158. The zero-order valence-corrected chi connectivity index (χ0v) is 6.53. The molecule has 0 amide bonds. The van der Waals surface area contributed by atoms with E-state index in [0.29, 0.717) is 0 Å². The van der Waals surface area contributed by atoms with Crippen LogP contribution in [0.1, 0.15) is 13.8 Å². The summed E-state index contributed by atoms with van der Waals surface area (Å²) in [4.78, 5) is 9.44. The van der Waals surface area contributed by atoms with E-state index in [1.165, 1.54) is 13.8 Å². The normalized spacial score (nSPS) is 9.33. The number of carbonyl (C=O) groups is 1. The van der Waals surface area contributed by atoms with E-state index in [-0.39, 0.29) is 5.78 Å². The molecular formula is C4H11NO3S. The molecule has 0 saturated heterocycles. The average Bonchev–Trinajstić information content (AvgIpc) is 1.19. The van der Waals surface area contributed by atoms with Crippen molar-refractivity contribution < 1.29 is 13.2 Å². The number of carbonyl (C=O) groups excluding carboxylic acids is 1. The Labute approximate surface area is 55.1 Å². The second-order valence-electron chi connectivity index (χ2n) is 1.74. The number of nitrogens with two attached hydrogens (primary N) is 1. The zero-order chi connectivity index (χ0) is 8.08. The lowest BCUT2D eigenvalue weighted by Crippen LogP contribution is -2.07. The molecule has 56 valence electrons. The lowest BCUT2D eigenvalue weighted by Gasteiger charge is -1.71. The largest absolute Gasteiger partial charge is 0.300 e. The molecule has 0 spiro atoms. The Hall–Kier alpha value is -0.420. The fourth-order valence-corrected chi connectivity index (χ4v) is 0. The monoisotopic (exact) mass is 153 g/mol. The highest BCUT2D eigenvalue weighted by atomic mass is 32.2. The molecule has 5 heteroatoms. The zero-order valence-electron chi connectivity index (χ0n) is 5.71. The number of sulfonamides is 1. The molecule has 0 aliphatic rings. The van der Waals surface area contributed by atoms with Crippen molar-refractivity contribution in [3.8, 4) is 0 Å². The van der Waals surface area contributed by atoms with Gasteiger partial charge in [-0.05, 0) is 13.8 Å². The van der Waals surface area contributed by atoms with E-state index >= 15 is 0 Å². The van der Waals surface area contributed by atoms with Crippen molar-refractivity contribution in [3.63, 3.8) is 0 Å². The van der Waals surface area contributed by atoms with Gasteiger partial charge < -0.3 is 4.79 Å². The summed E-state index contributed by atoms with van der Waals surface area (Å²) in [7, 11) is -3.17. The first-order chi connectivity index (χ1) is 3.73. The predicted molar refractivity (Wildman–Crippen MR) is 35.4 cm³/mol. The SMILES string of the molecule is CC(C)=O.CS(N)(=O)=O. The van der Waals surface area contributed by atoms with Crippen LogP contribution in [0, 0.1) is 0 Å². The van der Waals surface area contributed by atoms with Crippen LogP contribution in [0.5, 0.6) is 0 Å². The highest BCUT2D eigenvalue weighted by Gasteiger charge is 1.78. The molecule has 0 aliphatic carbocycles. The van der Waals surface area contributed by atoms with Crippen molar-refractivity contribution in [3.05, 3.63) is 0 Å². The molecule has 0 aliphatic heterocycles. The van der Waals surface area contributed by atoms with E-state index in [0.717, 1.165) is 6.26 Å². The molecule has 0 saturated carbocycles. The second kappa shape index (κ2) is 4.46. The third kappa shape index (κ3) is 1340. The predicted octanol–water partition coefficient (Wildman–Crippen LogP) is -0.500. The van der Waals surface area contributed by atoms with E-state index in [4.69, 9.17) is 0 Å². The van der Waals surface area contributed by atoms with Crippen LogP contribution in [0.2, 0.25) is 0 Å². The third-order valence-corrected chi connectivity index (χ3v) is 0. The van der Waals surface area contributed by atoms with Gasteiger partial charge in [-0.1, -0.05) is 0 Å². The van der Waals surface area contributed by atoms with Crippen molar-refractivity contribution >= 4 is 15.8 Å². The fourth-order valence-electron chi connectivity index (χ4n) is 0. The minimum Gasteiger partial charge on any atom is -0.300 e. The standard InChI is InChI=1S/C3H6O.CH5NO2S/c1-3(2)4;1-5(2,3)4/h1-2H3;1H3,(H2,2,3,4). The molecule has 9 heavy (non-hydrogen) atoms. The van der Waals surface area contributed by atoms with Crippen molar-refractivity contribution in [1.29, 1.82) is 0 Å². The van der Waals surface area contributed by atoms with Gasteiger partial charge in [-0.2, -0.15) is 0 Å². The fraction of sp³-hybridized carbons (Fsp3) is 0.750. The molecule has 0 aromatic carbocycles. The molecule has 0 aromatic rings. The summed E-state index contributed by atoms with van der Waals surface area (Å²) >= 11 is 0. The van der Waals surface area contributed by atoms with E-state index in [2.05, 4.69) is 5.14 Å². The van der Waals surface area contributed by atoms with E-state index in [9.17, 15) is 13.2 Å². The molecular weight excluding hydrogens is 142 g/mol. The summed E-state index contributed by atoms with van der Waals surface area (Å²) in [5.74, 6) is 0.167. The number of hydrogen-bond acceptors (Lipinski definition) is 3. The minimum atomic E-state index is -3.17. The average molecular weight is 153 g/mol. The molecule has 0 radical (unpaired) electrons. The Balaban J connectivity index is 0. The number of primary sulfonamides is 1. The van der Waals surface area contributed by atoms with Gasteiger partial charge in [0.1, 0.15) is 5.78 Å². The number of hydrogen-bond donors (Lipinski definition) is 1.